The van der Waals surface area contributed by atoms with Crippen LogP contribution >= 0.6 is 11.8 Å². The molecule has 0 unspecified atom stereocenters. The van der Waals surface area contributed by atoms with Gasteiger partial charge in [0.15, 0.2) is 0 Å². The molecule has 0 aliphatic rings. The molecule has 0 radical (unpaired) electrons. The van der Waals surface area contributed by atoms with Crippen LogP contribution in [-0.2, 0) is 4.79 Å². The van der Waals surface area contributed by atoms with Gasteiger partial charge in [0.2, 0.25) is 11.8 Å². The predicted molar refractivity (Wildman–Crippen MR) is 119 cm³/mol. The Balaban J connectivity index is 1.30. The average molecular weight is 434 g/mol. The summed E-state index contributed by atoms with van der Waals surface area (Å²) in [5.41, 5.74) is 3.93. The number of benzene rings is 3. The standard InChI is InChI=1S/C24H20FN3O2S/c1-16(17-7-9-19(10-8-17)18-5-3-2-4-6-18)26-22(29)15-31-24-28-27-23(30-24)20-11-13-21(25)14-12-20/h2-14,16H,15H2,1H3,(H,26,29)/t16-/m0/s1. The van der Waals surface area contributed by atoms with E-state index >= 15 is 0 Å². The number of nitrogens with zero attached hydrogens (tertiary/aromatic N) is 2. The summed E-state index contributed by atoms with van der Waals surface area (Å²) < 4.78 is 18.6. The molecule has 31 heavy (non-hydrogen) atoms. The van der Waals surface area contributed by atoms with Crippen LogP contribution < -0.4 is 5.32 Å². The number of thioether (sulfide) groups is 1. The molecule has 7 heteroatoms. The highest BCUT2D eigenvalue weighted by molar-refractivity contribution is 7.99. The van der Waals surface area contributed by atoms with Crippen molar-refractivity contribution in [3.63, 3.8) is 0 Å². The first-order valence-electron chi connectivity index (χ1n) is 9.75. The van der Waals surface area contributed by atoms with Crippen molar-refractivity contribution >= 4 is 17.7 Å². The van der Waals surface area contributed by atoms with E-state index in [1.165, 1.54) is 12.1 Å². The average Bonchev–Trinajstić information content (AvgIpc) is 3.28. The molecule has 0 aliphatic carbocycles. The number of rotatable bonds is 7. The van der Waals surface area contributed by atoms with E-state index in [0.717, 1.165) is 28.5 Å². The molecule has 0 fully saturated rings. The quantitative estimate of drug-likeness (QED) is 0.389. The van der Waals surface area contributed by atoms with Gasteiger partial charge in [-0.3, -0.25) is 4.79 Å². The van der Waals surface area contributed by atoms with Crippen LogP contribution in [0.4, 0.5) is 4.39 Å². The lowest BCUT2D eigenvalue weighted by Crippen LogP contribution is -2.28. The van der Waals surface area contributed by atoms with Gasteiger partial charge in [-0.1, -0.05) is 66.4 Å². The lowest BCUT2D eigenvalue weighted by atomic mass is 10.0. The molecule has 0 spiro atoms. The number of hydrogen-bond donors (Lipinski definition) is 1. The maximum absolute atomic E-state index is 13.0. The van der Waals surface area contributed by atoms with Gasteiger partial charge in [-0.2, -0.15) is 0 Å². The van der Waals surface area contributed by atoms with Crippen molar-refractivity contribution in [3.05, 3.63) is 90.2 Å². The Morgan fingerprint density at radius 3 is 2.29 bits per heavy atom. The normalized spacial score (nSPS) is 11.8. The van der Waals surface area contributed by atoms with Crippen LogP contribution in [0.5, 0.6) is 0 Å². The van der Waals surface area contributed by atoms with Crippen molar-refractivity contribution in [2.24, 2.45) is 0 Å². The molecule has 0 saturated heterocycles. The van der Waals surface area contributed by atoms with Crippen molar-refractivity contribution in [1.82, 2.24) is 15.5 Å². The van der Waals surface area contributed by atoms with Gasteiger partial charge in [0.25, 0.3) is 5.22 Å². The highest BCUT2D eigenvalue weighted by Crippen LogP contribution is 2.24. The zero-order valence-electron chi connectivity index (χ0n) is 16.8. The Morgan fingerprint density at radius 1 is 0.935 bits per heavy atom. The van der Waals surface area contributed by atoms with Crippen LogP contribution in [0.15, 0.2) is 88.5 Å². The topological polar surface area (TPSA) is 68.0 Å². The lowest BCUT2D eigenvalue weighted by Gasteiger charge is -2.14. The number of amides is 1. The molecule has 1 heterocycles. The van der Waals surface area contributed by atoms with Crippen LogP contribution in [-0.4, -0.2) is 21.9 Å². The van der Waals surface area contributed by atoms with E-state index in [1.807, 2.05) is 37.3 Å². The molecule has 1 atom stereocenters. The van der Waals surface area contributed by atoms with Gasteiger partial charge in [-0.05, 0) is 47.9 Å². The summed E-state index contributed by atoms with van der Waals surface area (Å²) in [5.74, 6) is -0.0309. The molecule has 0 saturated carbocycles. The minimum Gasteiger partial charge on any atom is -0.411 e. The maximum atomic E-state index is 13.0. The summed E-state index contributed by atoms with van der Waals surface area (Å²) >= 11 is 1.16. The Bertz CT molecular complexity index is 1150. The molecule has 1 aromatic heterocycles. The van der Waals surface area contributed by atoms with E-state index in [1.54, 1.807) is 12.1 Å². The summed E-state index contributed by atoms with van der Waals surface area (Å²) in [6, 6.07) is 23.9. The zero-order valence-corrected chi connectivity index (χ0v) is 17.6. The third-order valence-corrected chi connectivity index (χ3v) is 5.54. The van der Waals surface area contributed by atoms with Gasteiger partial charge >= 0.3 is 0 Å². The summed E-state index contributed by atoms with van der Waals surface area (Å²) in [5, 5.41) is 11.1. The van der Waals surface area contributed by atoms with Crippen molar-refractivity contribution in [1.29, 1.82) is 0 Å². The zero-order chi connectivity index (χ0) is 21.6. The van der Waals surface area contributed by atoms with Gasteiger partial charge in [0.05, 0.1) is 11.8 Å². The smallest absolute Gasteiger partial charge is 0.277 e. The predicted octanol–water partition coefficient (Wildman–Crippen LogP) is 5.51. The second kappa shape index (κ2) is 9.57. The molecule has 1 amide bonds. The molecule has 0 bridgehead atoms. The number of aromatic nitrogens is 2. The molecular weight excluding hydrogens is 413 g/mol. The van der Waals surface area contributed by atoms with Crippen LogP contribution in [0.25, 0.3) is 22.6 Å². The van der Waals surface area contributed by atoms with Crippen LogP contribution in [0.1, 0.15) is 18.5 Å². The highest BCUT2D eigenvalue weighted by Gasteiger charge is 2.14. The molecule has 0 aliphatic heterocycles. The van der Waals surface area contributed by atoms with E-state index in [-0.39, 0.29) is 34.6 Å². The Hall–Kier alpha value is -3.45. The van der Waals surface area contributed by atoms with E-state index in [2.05, 4.69) is 39.8 Å². The molecule has 5 nitrogen and oxygen atoms in total. The van der Waals surface area contributed by atoms with Gasteiger partial charge in [-0.15, -0.1) is 10.2 Å². The van der Waals surface area contributed by atoms with Gasteiger partial charge in [0.1, 0.15) is 5.82 Å². The van der Waals surface area contributed by atoms with Crippen molar-refractivity contribution in [2.75, 3.05) is 5.75 Å². The maximum Gasteiger partial charge on any atom is 0.277 e. The minimum absolute atomic E-state index is 0.129. The first-order chi connectivity index (χ1) is 15.1. The van der Waals surface area contributed by atoms with Gasteiger partial charge in [-0.25, -0.2) is 4.39 Å². The minimum atomic E-state index is -0.335. The summed E-state index contributed by atoms with van der Waals surface area (Å²) in [7, 11) is 0. The van der Waals surface area contributed by atoms with Crippen LogP contribution in [0.3, 0.4) is 0 Å². The number of halogens is 1. The fourth-order valence-electron chi connectivity index (χ4n) is 3.07. The lowest BCUT2D eigenvalue weighted by molar-refractivity contribution is -0.119. The monoisotopic (exact) mass is 433 g/mol. The van der Waals surface area contributed by atoms with Gasteiger partial charge < -0.3 is 9.73 Å². The molecule has 4 rings (SSSR count). The second-order valence-electron chi connectivity index (χ2n) is 6.95. The molecule has 1 N–H and O–H groups in total. The van der Waals surface area contributed by atoms with Crippen LogP contribution in [0.2, 0.25) is 0 Å². The van der Waals surface area contributed by atoms with E-state index in [0.29, 0.717) is 5.56 Å². The third kappa shape index (κ3) is 5.38. The fraction of sp³-hybridized carbons (Fsp3) is 0.125. The van der Waals surface area contributed by atoms with E-state index < -0.39 is 0 Å². The molecular formula is C24H20FN3O2S. The summed E-state index contributed by atoms with van der Waals surface area (Å²) in [6.45, 7) is 1.94. The Morgan fingerprint density at radius 2 is 1.58 bits per heavy atom. The summed E-state index contributed by atoms with van der Waals surface area (Å²) in [6.07, 6.45) is 0. The van der Waals surface area contributed by atoms with Crippen molar-refractivity contribution in [2.45, 2.75) is 18.2 Å². The van der Waals surface area contributed by atoms with E-state index in [4.69, 9.17) is 4.42 Å². The fourth-order valence-corrected chi connectivity index (χ4v) is 3.64. The summed E-state index contributed by atoms with van der Waals surface area (Å²) in [4.78, 5) is 12.3. The number of carbonyl (C=O) groups is 1. The Labute approximate surface area is 183 Å². The van der Waals surface area contributed by atoms with Gasteiger partial charge in [0, 0.05) is 5.56 Å². The number of carbonyl (C=O) groups excluding carboxylic acids is 1. The van der Waals surface area contributed by atoms with Crippen molar-refractivity contribution in [3.8, 4) is 22.6 Å². The number of hydrogen-bond acceptors (Lipinski definition) is 5. The SMILES string of the molecule is C[C@H](NC(=O)CSc1nnc(-c2ccc(F)cc2)o1)c1ccc(-c2ccccc2)cc1. The first-order valence-corrected chi connectivity index (χ1v) is 10.7. The van der Waals surface area contributed by atoms with Crippen molar-refractivity contribution < 1.29 is 13.6 Å². The second-order valence-corrected chi connectivity index (χ2v) is 7.87. The molecule has 4 aromatic rings. The molecule has 156 valence electrons. The number of nitrogens with one attached hydrogen (secondary N) is 1. The van der Waals surface area contributed by atoms with E-state index in [9.17, 15) is 9.18 Å². The third-order valence-electron chi connectivity index (χ3n) is 4.72. The largest absolute Gasteiger partial charge is 0.411 e. The van der Waals surface area contributed by atoms with Crippen LogP contribution in [0, 0.1) is 5.82 Å². The Kier molecular flexibility index (Phi) is 6.43. The molecule has 3 aromatic carbocycles. The first kappa shape index (κ1) is 20.8. The highest BCUT2D eigenvalue weighted by atomic mass is 32.2.